The highest BCUT2D eigenvalue weighted by Gasteiger charge is 2.54. The number of aliphatic carboxylic acids is 1. The summed E-state index contributed by atoms with van der Waals surface area (Å²) in [5.74, 6) is -5.19. The SMILES string of the molecule is Cc1cc(=O)n2nc(SCC3=C(C(=O)O)N4C(=O)[C@@H](NC(=O)/C(=N\OCc5cc(OC(=O)CCl)c(OC(=O)CCl)cc5C)c5csc(N)n5)[C@H]4SC3)sc2n1. The molecule has 0 bridgehead atoms. The van der Waals surface area contributed by atoms with E-state index in [0.717, 1.165) is 16.2 Å². The second kappa shape index (κ2) is 17.0. The molecule has 3 aromatic heterocycles. The molecule has 0 radical (unpaired) electrons. The van der Waals surface area contributed by atoms with E-state index in [2.05, 4.69) is 25.5 Å². The number of rotatable bonds is 14. The maximum Gasteiger partial charge on any atom is 0.352 e. The summed E-state index contributed by atoms with van der Waals surface area (Å²) in [6.07, 6.45) is 0. The van der Waals surface area contributed by atoms with Crippen LogP contribution in [0.15, 0.2) is 49.1 Å². The molecular formula is C31H26Cl2N8O10S4. The first-order valence-electron chi connectivity index (χ1n) is 15.6. The van der Waals surface area contributed by atoms with E-state index in [9.17, 15) is 33.9 Å². The Hall–Kier alpha value is -4.74. The predicted octanol–water partition coefficient (Wildman–Crippen LogP) is 2.55. The van der Waals surface area contributed by atoms with Crippen molar-refractivity contribution < 1.29 is 43.4 Å². The van der Waals surface area contributed by atoms with Crippen LogP contribution in [0, 0.1) is 13.8 Å². The highest BCUT2D eigenvalue weighted by atomic mass is 35.5. The molecule has 2 amide bonds. The van der Waals surface area contributed by atoms with Crippen molar-refractivity contribution in [1.29, 1.82) is 0 Å². The van der Waals surface area contributed by atoms with Crippen molar-refractivity contribution in [3.63, 3.8) is 0 Å². The van der Waals surface area contributed by atoms with E-state index < -0.39 is 52.9 Å². The van der Waals surface area contributed by atoms with E-state index in [1.54, 1.807) is 13.8 Å². The second-order valence-corrected chi connectivity index (χ2v) is 16.1. The highest BCUT2D eigenvalue weighted by molar-refractivity contribution is 8.02. The van der Waals surface area contributed by atoms with E-state index in [1.165, 1.54) is 63.0 Å². The number of aromatic nitrogens is 4. The van der Waals surface area contributed by atoms with Crippen LogP contribution in [0.4, 0.5) is 5.13 Å². The number of carbonyl (C=O) groups is 5. The van der Waals surface area contributed by atoms with Gasteiger partial charge in [0, 0.05) is 28.6 Å². The van der Waals surface area contributed by atoms with Crippen molar-refractivity contribution >= 4 is 115 Å². The molecule has 4 N–H and O–H groups in total. The molecule has 1 saturated heterocycles. The van der Waals surface area contributed by atoms with Gasteiger partial charge in [-0.15, -0.1) is 51.4 Å². The summed E-state index contributed by atoms with van der Waals surface area (Å²) < 4.78 is 12.0. The van der Waals surface area contributed by atoms with E-state index in [4.69, 9.17) is 43.2 Å². The van der Waals surface area contributed by atoms with Crippen LogP contribution in [-0.2, 0) is 35.4 Å². The van der Waals surface area contributed by atoms with E-state index >= 15 is 0 Å². The van der Waals surface area contributed by atoms with Crippen LogP contribution in [0.5, 0.6) is 11.5 Å². The lowest BCUT2D eigenvalue weighted by Gasteiger charge is -2.49. The zero-order valence-corrected chi connectivity index (χ0v) is 33.0. The molecule has 2 atom stereocenters. The molecule has 4 aromatic rings. The number of benzene rings is 1. The van der Waals surface area contributed by atoms with Gasteiger partial charge in [-0.1, -0.05) is 28.3 Å². The van der Waals surface area contributed by atoms with Crippen molar-refractivity contribution in [1.82, 2.24) is 29.8 Å². The number of β-lactam (4-membered cyclic amide) rings is 1. The minimum Gasteiger partial charge on any atom is -0.477 e. The van der Waals surface area contributed by atoms with Crippen LogP contribution in [0.2, 0.25) is 0 Å². The van der Waals surface area contributed by atoms with E-state index in [1.807, 2.05) is 0 Å². The molecule has 288 valence electrons. The van der Waals surface area contributed by atoms with E-state index in [-0.39, 0.29) is 57.4 Å². The number of nitrogen functional groups attached to an aromatic ring is 1. The molecule has 2 aliphatic rings. The summed E-state index contributed by atoms with van der Waals surface area (Å²) >= 11 is 15.8. The van der Waals surface area contributed by atoms with Crippen molar-refractivity contribution in [2.75, 3.05) is 29.0 Å². The summed E-state index contributed by atoms with van der Waals surface area (Å²) in [4.78, 5) is 91.1. The number of amides is 2. The van der Waals surface area contributed by atoms with Gasteiger partial charge in [0.05, 0.1) is 0 Å². The quantitative estimate of drug-likeness (QED) is 0.0313. The van der Waals surface area contributed by atoms with Gasteiger partial charge in [-0.25, -0.2) is 14.8 Å². The van der Waals surface area contributed by atoms with Crippen LogP contribution in [0.1, 0.15) is 22.5 Å². The number of halogens is 2. The van der Waals surface area contributed by atoms with Crippen LogP contribution < -0.4 is 26.1 Å². The number of esters is 2. The van der Waals surface area contributed by atoms with Gasteiger partial charge in [0.25, 0.3) is 17.4 Å². The third-order valence-corrected chi connectivity index (χ3v) is 12.3. The lowest BCUT2D eigenvalue weighted by Crippen LogP contribution is -2.71. The van der Waals surface area contributed by atoms with Gasteiger partial charge in [0.1, 0.15) is 41.2 Å². The molecule has 0 unspecified atom stereocenters. The number of nitrogens with zero attached hydrogens (tertiary/aromatic N) is 6. The number of alkyl halides is 2. The molecular weight excluding hydrogens is 844 g/mol. The molecule has 6 rings (SSSR count). The molecule has 0 spiro atoms. The smallest absolute Gasteiger partial charge is 0.352 e. The molecule has 18 nitrogen and oxygen atoms in total. The second-order valence-electron chi connectivity index (χ2n) is 11.4. The molecule has 2 aliphatic heterocycles. The number of ether oxygens (including phenoxy) is 2. The average Bonchev–Trinajstić information content (AvgIpc) is 3.77. The average molecular weight is 870 g/mol. The Balaban J connectivity index is 1.17. The number of carboxylic acid groups (broad SMARTS) is 1. The van der Waals surface area contributed by atoms with Crippen molar-refractivity contribution in [2.24, 2.45) is 5.16 Å². The maximum atomic E-state index is 13.7. The van der Waals surface area contributed by atoms with Crippen LogP contribution in [0.3, 0.4) is 0 Å². The third kappa shape index (κ3) is 8.73. The largest absolute Gasteiger partial charge is 0.477 e. The molecule has 1 aromatic carbocycles. The number of nitrogens with one attached hydrogen (secondary N) is 1. The number of hydrogen-bond donors (Lipinski definition) is 3. The van der Waals surface area contributed by atoms with Gasteiger partial charge in [-0.2, -0.15) is 4.52 Å². The maximum absolute atomic E-state index is 13.7. The fraction of sp³-hybridized carbons (Fsp3) is 0.290. The number of aryl methyl sites for hydroxylation is 2. The number of anilines is 1. The Kier molecular flexibility index (Phi) is 12.3. The predicted molar refractivity (Wildman–Crippen MR) is 204 cm³/mol. The zero-order valence-electron chi connectivity index (χ0n) is 28.3. The third-order valence-electron chi connectivity index (χ3n) is 7.68. The van der Waals surface area contributed by atoms with Gasteiger partial charge in [-0.05, 0) is 42.7 Å². The number of carbonyl (C=O) groups excluding carboxylic acids is 4. The van der Waals surface area contributed by atoms with Gasteiger partial charge in [-0.3, -0.25) is 28.9 Å². The van der Waals surface area contributed by atoms with Gasteiger partial charge in [0.15, 0.2) is 26.7 Å². The number of nitrogens with two attached hydrogens (primary N) is 1. The molecule has 1 fully saturated rings. The Bertz CT molecular complexity index is 2360. The van der Waals surface area contributed by atoms with Crippen LogP contribution in [0.25, 0.3) is 4.96 Å². The zero-order chi connectivity index (χ0) is 39.6. The molecule has 5 heterocycles. The first-order valence-corrected chi connectivity index (χ1v) is 20.4. The molecule has 24 heteroatoms. The number of hydrogen-bond acceptors (Lipinski definition) is 18. The summed E-state index contributed by atoms with van der Waals surface area (Å²) in [5.41, 5.74) is 6.95. The first kappa shape index (κ1) is 39.9. The topological polar surface area (TPSA) is 247 Å². The fourth-order valence-corrected chi connectivity index (χ4v) is 9.33. The van der Waals surface area contributed by atoms with Crippen molar-refractivity contribution in [3.05, 3.63) is 67.7 Å². The standard InChI is InChI=1S/C31H26Cl2N8O10S4/c1-12-3-17(50-20(43)6-32)18(51-21(44)7-33)5-14(12)8-49-39-22(16-11-53-29(34)36-16)25(45)37-23-26(46)40-24(28(47)48)15(9-52-27(23)40)10-54-31-38-41-19(42)4-13(2)35-30(41)55-31/h3-5,11,23,27H,6-10H2,1-2H3,(H2,34,36)(H,37,45)(H,47,48)/b39-22-/t23-,27-/m1/s1. The number of oxime groups is 1. The Morgan fingerprint density at radius 1 is 1.09 bits per heavy atom. The minimum atomic E-state index is -1.31. The van der Waals surface area contributed by atoms with Gasteiger partial charge < -0.3 is 30.5 Å². The monoisotopic (exact) mass is 868 g/mol. The number of carboxylic acids is 1. The van der Waals surface area contributed by atoms with Gasteiger partial charge in [0.2, 0.25) is 4.96 Å². The lowest BCUT2D eigenvalue weighted by molar-refractivity contribution is -0.150. The summed E-state index contributed by atoms with van der Waals surface area (Å²) in [7, 11) is 0. The number of thiazole rings is 1. The van der Waals surface area contributed by atoms with Crippen molar-refractivity contribution in [3.8, 4) is 11.5 Å². The fourth-order valence-electron chi connectivity index (χ4n) is 5.20. The van der Waals surface area contributed by atoms with Crippen LogP contribution >= 0.6 is 69.4 Å². The first-order chi connectivity index (χ1) is 26.3. The molecule has 0 aliphatic carbocycles. The Morgan fingerprint density at radius 3 is 2.45 bits per heavy atom. The van der Waals surface area contributed by atoms with Crippen molar-refractivity contribution in [2.45, 2.75) is 36.2 Å². The number of fused-ring (bicyclic) bond motifs is 2. The number of thioether (sulfide) groups is 2. The summed E-state index contributed by atoms with van der Waals surface area (Å²) in [6, 6.07) is 3.03. The van der Waals surface area contributed by atoms with E-state index in [0.29, 0.717) is 31.7 Å². The summed E-state index contributed by atoms with van der Waals surface area (Å²) in [6.45, 7) is 3.08. The van der Waals surface area contributed by atoms with Crippen LogP contribution in [-0.4, -0.2) is 99.7 Å². The summed E-state index contributed by atoms with van der Waals surface area (Å²) in [5, 5.41) is 21.9. The molecule has 55 heavy (non-hydrogen) atoms. The lowest BCUT2D eigenvalue weighted by atomic mass is 10.0. The van der Waals surface area contributed by atoms with Gasteiger partial charge >= 0.3 is 17.9 Å². The molecule has 0 saturated carbocycles. The Labute approximate surface area is 336 Å². The Morgan fingerprint density at radius 2 is 1.80 bits per heavy atom. The highest BCUT2D eigenvalue weighted by Crippen LogP contribution is 2.42. The minimum absolute atomic E-state index is 0.0459. The normalized spacial score (nSPS) is 16.8.